The van der Waals surface area contributed by atoms with Gasteiger partial charge in [0.25, 0.3) is 0 Å². The Morgan fingerprint density at radius 3 is 3.12 bits per heavy atom. The number of amides is 1. The minimum Gasteiger partial charge on any atom is -0.465 e. The summed E-state index contributed by atoms with van der Waals surface area (Å²) in [5.74, 6) is 0. The Morgan fingerprint density at radius 1 is 1.75 bits per heavy atom. The summed E-state index contributed by atoms with van der Waals surface area (Å²) in [5, 5.41) is 12.4. The standard InChI is InChI=1S/C9H16N4O3/c1-9(3-2-4-11-12-10)7-13(8(14)15)5-6-16-9/h10H,2-7H2,1H3/p+1. The van der Waals surface area contributed by atoms with Crippen LogP contribution in [0.3, 0.4) is 0 Å². The van der Waals surface area contributed by atoms with Crippen molar-refractivity contribution in [2.75, 3.05) is 26.2 Å². The molecule has 1 saturated heterocycles. The highest BCUT2D eigenvalue weighted by atomic mass is 16.5. The molecule has 7 heteroatoms. The van der Waals surface area contributed by atoms with E-state index < -0.39 is 11.7 Å². The van der Waals surface area contributed by atoms with Crippen molar-refractivity contribution in [2.45, 2.75) is 25.4 Å². The predicted octanol–water partition coefficient (Wildman–Crippen LogP) is 1.09. The van der Waals surface area contributed by atoms with Crippen molar-refractivity contribution in [1.82, 2.24) is 9.81 Å². The van der Waals surface area contributed by atoms with Gasteiger partial charge in [0.1, 0.15) is 17.2 Å². The summed E-state index contributed by atoms with van der Waals surface area (Å²) in [6, 6.07) is 0. The highest BCUT2D eigenvalue weighted by Gasteiger charge is 2.33. The molecule has 0 saturated carbocycles. The van der Waals surface area contributed by atoms with Crippen LogP contribution in [0.25, 0.3) is 0 Å². The molecule has 1 amide bonds. The Balaban J connectivity index is 2.42. The third-order valence-electron chi connectivity index (χ3n) is 2.64. The number of hydrogen-bond acceptors (Lipinski definition) is 4. The molecule has 0 bridgehead atoms. The molecule has 0 aromatic heterocycles. The first-order valence-corrected chi connectivity index (χ1v) is 5.22. The monoisotopic (exact) mass is 229 g/mol. The molecule has 0 aliphatic carbocycles. The van der Waals surface area contributed by atoms with Crippen LogP contribution in [0.15, 0.2) is 5.11 Å². The third-order valence-corrected chi connectivity index (χ3v) is 2.64. The van der Waals surface area contributed by atoms with Crippen molar-refractivity contribution < 1.29 is 14.6 Å². The smallest absolute Gasteiger partial charge is 0.407 e. The number of carbonyl (C=O) groups is 1. The summed E-state index contributed by atoms with van der Waals surface area (Å²) in [6.45, 7) is 3.63. The largest absolute Gasteiger partial charge is 0.465 e. The summed E-state index contributed by atoms with van der Waals surface area (Å²) in [7, 11) is 0. The molecular formula is C9H17N4O3+. The van der Waals surface area contributed by atoms with Gasteiger partial charge in [0.15, 0.2) is 0 Å². The van der Waals surface area contributed by atoms with Crippen molar-refractivity contribution in [1.29, 1.82) is 5.53 Å². The van der Waals surface area contributed by atoms with E-state index in [1.807, 2.05) is 6.92 Å². The summed E-state index contributed by atoms with van der Waals surface area (Å²) in [5.41, 5.74) is 6.07. The van der Waals surface area contributed by atoms with Gasteiger partial charge in [0, 0.05) is 6.54 Å². The van der Waals surface area contributed by atoms with E-state index >= 15 is 0 Å². The zero-order chi connectivity index (χ0) is 12.0. The molecule has 1 fully saturated rings. The average molecular weight is 229 g/mol. The van der Waals surface area contributed by atoms with E-state index in [1.165, 1.54) is 4.90 Å². The molecule has 1 heterocycles. The van der Waals surface area contributed by atoms with Crippen LogP contribution in [-0.4, -0.2) is 47.9 Å². The molecule has 0 radical (unpaired) electrons. The first kappa shape index (κ1) is 12.6. The van der Waals surface area contributed by atoms with Crippen LogP contribution in [0.1, 0.15) is 19.8 Å². The topological polar surface area (TPSA) is 100 Å². The number of morpholine rings is 1. The molecule has 1 unspecified atom stereocenters. The summed E-state index contributed by atoms with van der Waals surface area (Å²) in [6.07, 6.45) is 0.558. The lowest BCUT2D eigenvalue weighted by Crippen LogP contribution is -2.51. The number of ether oxygens (including phenoxy) is 1. The molecule has 0 spiro atoms. The predicted molar refractivity (Wildman–Crippen MR) is 55.3 cm³/mol. The van der Waals surface area contributed by atoms with Crippen molar-refractivity contribution in [3.05, 3.63) is 0 Å². The van der Waals surface area contributed by atoms with E-state index in [1.54, 1.807) is 0 Å². The molecule has 1 aliphatic rings. The maximum absolute atomic E-state index is 10.8. The molecule has 7 nitrogen and oxygen atoms in total. The molecule has 0 aromatic carbocycles. The van der Waals surface area contributed by atoms with Crippen LogP contribution in [0.5, 0.6) is 0 Å². The van der Waals surface area contributed by atoms with Gasteiger partial charge in [0.2, 0.25) is 4.91 Å². The minimum absolute atomic E-state index is 0.389. The maximum Gasteiger partial charge on any atom is 0.407 e. The normalized spacial score (nSPS) is 24.9. The molecule has 2 N–H and O–H groups in total. The second kappa shape index (κ2) is 5.58. The second-order valence-corrected chi connectivity index (χ2v) is 4.07. The van der Waals surface area contributed by atoms with E-state index in [0.29, 0.717) is 26.2 Å². The van der Waals surface area contributed by atoms with Crippen LogP contribution in [-0.2, 0) is 4.74 Å². The van der Waals surface area contributed by atoms with E-state index in [-0.39, 0.29) is 0 Å². The van der Waals surface area contributed by atoms with Crippen molar-refractivity contribution in [3.8, 4) is 0 Å². The lowest BCUT2D eigenvalue weighted by molar-refractivity contribution is -0.0947. The van der Waals surface area contributed by atoms with Crippen LogP contribution in [0.4, 0.5) is 4.79 Å². The van der Waals surface area contributed by atoms with Gasteiger partial charge in [-0.05, 0) is 19.8 Å². The summed E-state index contributed by atoms with van der Waals surface area (Å²) >= 11 is 0. The fraction of sp³-hybridized carbons (Fsp3) is 0.889. The molecule has 16 heavy (non-hydrogen) atoms. The van der Waals surface area contributed by atoms with Gasteiger partial charge >= 0.3 is 6.09 Å². The number of carboxylic acid groups (broad SMARTS) is 1. The highest BCUT2D eigenvalue weighted by Crippen LogP contribution is 2.23. The van der Waals surface area contributed by atoms with Gasteiger partial charge in [-0.25, -0.2) is 4.79 Å². The Bertz CT molecular complexity index is 303. The Hall–Kier alpha value is -1.46. The minimum atomic E-state index is -0.902. The van der Waals surface area contributed by atoms with Crippen LogP contribution in [0, 0.1) is 5.53 Å². The number of nitrogens with zero attached hydrogens (tertiary/aromatic N) is 3. The van der Waals surface area contributed by atoms with Gasteiger partial charge in [-0.15, -0.1) is 0 Å². The Labute approximate surface area is 93.6 Å². The Kier molecular flexibility index (Phi) is 4.39. The van der Waals surface area contributed by atoms with Crippen LogP contribution >= 0.6 is 0 Å². The van der Waals surface area contributed by atoms with Gasteiger partial charge in [0.05, 0.1) is 18.8 Å². The average Bonchev–Trinajstić information content (AvgIpc) is 2.24. The zero-order valence-electron chi connectivity index (χ0n) is 9.35. The van der Waals surface area contributed by atoms with Gasteiger partial charge in [-0.1, -0.05) is 0 Å². The molecule has 90 valence electrons. The lowest BCUT2D eigenvalue weighted by Gasteiger charge is -2.39. The number of nitrogens with one attached hydrogen (secondary N) is 1. The van der Waals surface area contributed by atoms with Gasteiger partial charge in [-0.2, -0.15) is 0 Å². The van der Waals surface area contributed by atoms with Crippen LogP contribution < -0.4 is 4.91 Å². The van der Waals surface area contributed by atoms with Crippen LogP contribution in [0.2, 0.25) is 0 Å². The molecule has 1 atom stereocenters. The molecule has 1 rings (SSSR count). The summed E-state index contributed by atoms with van der Waals surface area (Å²) < 4.78 is 5.60. The molecular weight excluding hydrogens is 212 g/mol. The van der Waals surface area contributed by atoms with E-state index in [0.717, 1.165) is 12.8 Å². The van der Waals surface area contributed by atoms with Gasteiger partial charge < -0.3 is 14.7 Å². The molecule has 0 aromatic rings. The quantitative estimate of drug-likeness (QED) is 0.428. The summed E-state index contributed by atoms with van der Waals surface area (Å²) in [4.78, 5) is 15.1. The third kappa shape index (κ3) is 3.60. The number of rotatable bonds is 4. The van der Waals surface area contributed by atoms with Crippen molar-refractivity contribution in [3.63, 3.8) is 0 Å². The zero-order valence-corrected chi connectivity index (χ0v) is 9.35. The Morgan fingerprint density at radius 2 is 2.50 bits per heavy atom. The lowest BCUT2D eigenvalue weighted by atomic mass is 9.98. The number of hydrogen-bond donors (Lipinski definition) is 2. The SMILES string of the molecule is CC1(CCCN=[N+]=N)CN(C(=O)O)CCO1. The second-order valence-electron chi connectivity index (χ2n) is 4.07. The van der Waals surface area contributed by atoms with Crippen molar-refractivity contribution in [2.24, 2.45) is 5.11 Å². The maximum atomic E-state index is 10.8. The fourth-order valence-corrected chi connectivity index (χ4v) is 1.82. The van der Waals surface area contributed by atoms with E-state index in [9.17, 15) is 4.79 Å². The van der Waals surface area contributed by atoms with Crippen molar-refractivity contribution >= 4 is 6.09 Å². The first-order valence-electron chi connectivity index (χ1n) is 5.22. The van der Waals surface area contributed by atoms with Gasteiger partial charge in [-0.3, -0.25) is 0 Å². The first-order chi connectivity index (χ1) is 7.57. The fourth-order valence-electron chi connectivity index (χ4n) is 1.82. The van der Waals surface area contributed by atoms with E-state index in [2.05, 4.69) is 10.0 Å². The van der Waals surface area contributed by atoms with E-state index in [4.69, 9.17) is 15.4 Å². The highest BCUT2D eigenvalue weighted by molar-refractivity contribution is 5.65. The molecule has 1 aliphatic heterocycles.